The van der Waals surface area contributed by atoms with Gasteiger partial charge in [-0.05, 0) is 29.7 Å². The van der Waals surface area contributed by atoms with E-state index in [1.165, 1.54) is 0 Å². The Morgan fingerprint density at radius 3 is 2.88 bits per heavy atom. The lowest BCUT2D eigenvalue weighted by Gasteiger charge is -2.09. The Bertz CT molecular complexity index is 1020. The molecule has 4 aromatic rings. The summed E-state index contributed by atoms with van der Waals surface area (Å²) in [6.45, 7) is 0.978. The number of anilines is 2. The van der Waals surface area contributed by atoms with Gasteiger partial charge < -0.3 is 14.8 Å². The molecule has 0 saturated carbocycles. The summed E-state index contributed by atoms with van der Waals surface area (Å²) < 4.78 is 10.7. The van der Waals surface area contributed by atoms with Crippen LogP contribution in [-0.2, 0) is 4.74 Å². The van der Waals surface area contributed by atoms with Crippen molar-refractivity contribution in [2.24, 2.45) is 0 Å². The molecule has 3 heterocycles. The molecule has 126 valence electrons. The Labute approximate surface area is 143 Å². The number of pyridine rings is 1. The van der Waals surface area contributed by atoms with Crippen molar-refractivity contribution >= 4 is 33.4 Å². The van der Waals surface area contributed by atoms with Crippen LogP contribution in [0.2, 0.25) is 0 Å². The number of benzene rings is 1. The smallest absolute Gasteiger partial charge is 0.221 e. The summed E-state index contributed by atoms with van der Waals surface area (Å²) in [4.78, 5) is 12.8. The number of hydrogen-bond acceptors (Lipinski definition) is 7. The van der Waals surface area contributed by atoms with Gasteiger partial charge in [0.2, 0.25) is 5.88 Å². The zero-order valence-corrected chi connectivity index (χ0v) is 13.6. The van der Waals surface area contributed by atoms with Gasteiger partial charge in [0.05, 0.1) is 6.61 Å². The van der Waals surface area contributed by atoms with E-state index in [4.69, 9.17) is 9.47 Å². The van der Waals surface area contributed by atoms with Crippen LogP contribution in [0.4, 0.5) is 11.5 Å². The fourth-order valence-corrected chi connectivity index (χ4v) is 2.54. The molecule has 0 amide bonds. The minimum Gasteiger partial charge on any atom is -0.475 e. The Kier molecular flexibility index (Phi) is 4.09. The van der Waals surface area contributed by atoms with Crippen molar-refractivity contribution in [1.82, 2.24) is 25.1 Å². The number of aromatic nitrogens is 5. The van der Waals surface area contributed by atoms with Gasteiger partial charge in [0, 0.05) is 36.8 Å². The third kappa shape index (κ3) is 3.07. The molecule has 0 spiro atoms. The third-order valence-electron chi connectivity index (χ3n) is 3.71. The van der Waals surface area contributed by atoms with E-state index < -0.39 is 0 Å². The van der Waals surface area contributed by atoms with Crippen molar-refractivity contribution in [2.75, 3.05) is 25.6 Å². The maximum atomic E-state index is 5.67. The van der Waals surface area contributed by atoms with E-state index in [1.54, 1.807) is 25.7 Å². The molecule has 0 fully saturated rings. The minimum atomic E-state index is 0.459. The van der Waals surface area contributed by atoms with Gasteiger partial charge in [-0.1, -0.05) is 0 Å². The molecule has 0 radical (unpaired) electrons. The molecular weight excluding hydrogens is 320 g/mol. The average Bonchev–Trinajstić information content (AvgIpc) is 3.05. The van der Waals surface area contributed by atoms with Crippen LogP contribution in [0.3, 0.4) is 0 Å². The molecule has 0 aliphatic rings. The maximum absolute atomic E-state index is 5.67. The lowest BCUT2D eigenvalue weighted by atomic mass is 10.1. The van der Waals surface area contributed by atoms with Crippen molar-refractivity contribution in [1.29, 1.82) is 0 Å². The van der Waals surface area contributed by atoms with Crippen LogP contribution in [-0.4, -0.2) is 45.5 Å². The number of H-pyrrole nitrogens is 1. The highest BCUT2D eigenvalue weighted by atomic mass is 16.5. The molecule has 0 aliphatic carbocycles. The largest absolute Gasteiger partial charge is 0.475 e. The molecule has 0 aliphatic heterocycles. The number of nitrogens with zero attached hydrogens (tertiary/aromatic N) is 4. The molecule has 25 heavy (non-hydrogen) atoms. The summed E-state index contributed by atoms with van der Waals surface area (Å²) in [6, 6.07) is 7.86. The molecule has 0 bridgehead atoms. The van der Waals surface area contributed by atoms with Gasteiger partial charge >= 0.3 is 0 Å². The first-order valence-corrected chi connectivity index (χ1v) is 7.78. The fourth-order valence-electron chi connectivity index (χ4n) is 2.54. The first-order valence-electron chi connectivity index (χ1n) is 7.78. The molecule has 1 aromatic carbocycles. The topological polar surface area (TPSA) is 97.8 Å². The Balaban J connectivity index is 1.63. The number of methoxy groups -OCH3 is 1. The molecular formula is C17H16N6O2. The van der Waals surface area contributed by atoms with Gasteiger partial charge in [-0.25, -0.2) is 15.0 Å². The van der Waals surface area contributed by atoms with Crippen LogP contribution >= 0.6 is 0 Å². The minimum absolute atomic E-state index is 0.459. The fraction of sp³-hybridized carbons (Fsp3) is 0.176. The van der Waals surface area contributed by atoms with Crippen molar-refractivity contribution in [3.63, 3.8) is 0 Å². The first-order chi connectivity index (χ1) is 12.3. The van der Waals surface area contributed by atoms with Gasteiger partial charge in [0.25, 0.3) is 0 Å². The molecule has 8 heteroatoms. The number of rotatable bonds is 6. The molecule has 0 unspecified atom stereocenters. The molecule has 0 saturated heterocycles. The van der Waals surface area contributed by atoms with Crippen LogP contribution in [0.15, 0.2) is 42.9 Å². The predicted octanol–water partition coefficient (Wildman–Crippen LogP) is 2.67. The number of nitrogens with one attached hydrogen (secondary N) is 2. The SMILES string of the molecule is COCCOc1nccc2cc(Nc3n[nH]c4nccnc34)ccc12. The summed E-state index contributed by atoms with van der Waals surface area (Å²) in [7, 11) is 1.64. The highest BCUT2D eigenvalue weighted by Gasteiger charge is 2.09. The van der Waals surface area contributed by atoms with Crippen LogP contribution in [0.25, 0.3) is 21.9 Å². The second-order valence-corrected chi connectivity index (χ2v) is 5.34. The van der Waals surface area contributed by atoms with E-state index in [0.29, 0.717) is 36.1 Å². The van der Waals surface area contributed by atoms with E-state index in [2.05, 4.69) is 30.5 Å². The van der Waals surface area contributed by atoms with Gasteiger partial charge in [-0.2, -0.15) is 5.10 Å². The zero-order chi connectivity index (χ0) is 17.1. The maximum Gasteiger partial charge on any atom is 0.221 e. The van der Waals surface area contributed by atoms with E-state index in [0.717, 1.165) is 16.5 Å². The van der Waals surface area contributed by atoms with Crippen molar-refractivity contribution in [2.45, 2.75) is 0 Å². The van der Waals surface area contributed by atoms with Gasteiger partial charge in [0.1, 0.15) is 6.61 Å². The average molecular weight is 336 g/mol. The number of hydrogen-bond donors (Lipinski definition) is 2. The molecule has 8 nitrogen and oxygen atoms in total. The second kappa shape index (κ2) is 6.70. The Morgan fingerprint density at radius 1 is 1.04 bits per heavy atom. The summed E-state index contributed by atoms with van der Waals surface area (Å²) in [6.07, 6.45) is 4.99. The molecule has 2 N–H and O–H groups in total. The van der Waals surface area contributed by atoms with Gasteiger partial charge in [-0.3, -0.25) is 5.10 Å². The van der Waals surface area contributed by atoms with Crippen LogP contribution in [0, 0.1) is 0 Å². The van der Waals surface area contributed by atoms with Crippen molar-refractivity contribution in [3.8, 4) is 5.88 Å². The quantitative estimate of drug-likeness (QED) is 0.522. The highest BCUT2D eigenvalue weighted by Crippen LogP contribution is 2.28. The zero-order valence-electron chi connectivity index (χ0n) is 13.6. The Morgan fingerprint density at radius 2 is 1.96 bits per heavy atom. The summed E-state index contributed by atoms with van der Waals surface area (Å²) in [5.41, 5.74) is 2.23. The summed E-state index contributed by atoms with van der Waals surface area (Å²) in [5.74, 6) is 1.23. The number of ether oxygens (including phenoxy) is 2. The summed E-state index contributed by atoms with van der Waals surface area (Å²) in [5, 5.41) is 12.3. The van der Waals surface area contributed by atoms with Crippen LogP contribution in [0.1, 0.15) is 0 Å². The lowest BCUT2D eigenvalue weighted by molar-refractivity contribution is 0.144. The lowest BCUT2D eigenvalue weighted by Crippen LogP contribution is -2.05. The number of aromatic amines is 1. The van der Waals surface area contributed by atoms with E-state index >= 15 is 0 Å². The molecule has 3 aromatic heterocycles. The first kappa shape index (κ1) is 15.3. The Hall–Kier alpha value is -3.26. The summed E-state index contributed by atoms with van der Waals surface area (Å²) >= 11 is 0. The standard InChI is InChI=1S/C17H16N6O2/c1-24-8-9-25-17-13-3-2-12(10-11(13)4-5-20-17)21-16-14-15(22-23-16)19-7-6-18-14/h2-7,10H,8-9H2,1H3,(H2,19,21,22,23). The van der Waals surface area contributed by atoms with Gasteiger partial charge in [-0.15, -0.1) is 0 Å². The van der Waals surface area contributed by atoms with Gasteiger partial charge in [0.15, 0.2) is 17.0 Å². The van der Waals surface area contributed by atoms with Crippen molar-refractivity contribution < 1.29 is 9.47 Å². The third-order valence-corrected chi connectivity index (χ3v) is 3.71. The highest BCUT2D eigenvalue weighted by molar-refractivity contribution is 5.91. The molecule has 4 rings (SSSR count). The predicted molar refractivity (Wildman–Crippen MR) is 94.1 cm³/mol. The van der Waals surface area contributed by atoms with Crippen molar-refractivity contribution in [3.05, 3.63) is 42.9 Å². The van der Waals surface area contributed by atoms with E-state index in [9.17, 15) is 0 Å². The molecule has 0 atom stereocenters. The second-order valence-electron chi connectivity index (χ2n) is 5.34. The van der Waals surface area contributed by atoms with Crippen LogP contribution in [0.5, 0.6) is 5.88 Å². The number of fused-ring (bicyclic) bond motifs is 2. The van der Waals surface area contributed by atoms with E-state index in [1.807, 2.05) is 24.3 Å². The van der Waals surface area contributed by atoms with E-state index in [-0.39, 0.29) is 0 Å². The van der Waals surface area contributed by atoms with Crippen LogP contribution < -0.4 is 10.1 Å². The monoisotopic (exact) mass is 336 g/mol. The normalized spacial score (nSPS) is 11.1.